The Labute approximate surface area is 189 Å². The second kappa shape index (κ2) is 7.80. The molecule has 3 fully saturated rings. The number of hydrogen-bond donors (Lipinski definition) is 3. The van der Waals surface area contributed by atoms with Crippen molar-refractivity contribution in [3.05, 3.63) is 23.8 Å². The summed E-state index contributed by atoms with van der Waals surface area (Å²) in [6.07, 6.45) is 10.5. The Bertz CT molecular complexity index is 904. The molecule has 7 heteroatoms. The van der Waals surface area contributed by atoms with Crippen LogP contribution in [0.3, 0.4) is 0 Å². The fourth-order valence-corrected chi connectivity index (χ4v) is 7.60. The second-order valence-corrected chi connectivity index (χ2v) is 10.9. The van der Waals surface area contributed by atoms with E-state index < -0.39 is 5.97 Å². The number of rotatable bonds is 4. The molecule has 32 heavy (non-hydrogen) atoms. The molecule has 0 saturated heterocycles. The van der Waals surface area contributed by atoms with Gasteiger partial charge in [-0.3, -0.25) is 0 Å². The summed E-state index contributed by atoms with van der Waals surface area (Å²) in [6.45, 7) is 4.49. The van der Waals surface area contributed by atoms with E-state index in [1.54, 1.807) is 0 Å². The van der Waals surface area contributed by atoms with Crippen molar-refractivity contribution in [2.45, 2.75) is 77.4 Å². The van der Waals surface area contributed by atoms with Gasteiger partial charge in [0.25, 0.3) is 0 Å². The molecule has 1 heterocycles. The molecule has 7 unspecified atom stereocenters. The van der Waals surface area contributed by atoms with Crippen molar-refractivity contribution in [2.24, 2.45) is 28.6 Å². The minimum Gasteiger partial charge on any atom is -0.492 e. The molecule has 0 bridgehead atoms. The zero-order chi connectivity index (χ0) is 22.7. The summed E-state index contributed by atoms with van der Waals surface area (Å²) in [7, 11) is 0. The molecular weight excluding hydrogens is 410 g/mol. The summed E-state index contributed by atoms with van der Waals surface area (Å²) < 4.78 is 6.52. The molecule has 4 aliphatic carbocycles. The van der Waals surface area contributed by atoms with Gasteiger partial charge < -0.3 is 24.9 Å². The molecule has 0 amide bonds. The van der Waals surface area contributed by atoms with Crippen LogP contribution < -0.4 is 4.84 Å². The Morgan fingerprint density at radius 3 is 2.56 bits per heavy atom. The van der Waals surface area contributed by atoms with Crippen LogP contribution in [0.25, 0.3) is 0 Å². The predicted molar refractivity (Wildman–Crippen MR) is 117 cm³/mol. The summed E-state index contributed by atoms with van der Waals surface area (Å²) in [5.74, 6) is 0.635. The Morgan fingerprint density at radius 1 is 1.06 bits per heavy atom. The van der Waals surface area contributed by atoms with E-state index in [9.17, 15) is 20.1 Å². The lowest BCUT2D eigenvalue weighted by atomic mass is 9.47. The number of nitrogens with zero attached hydrogens (tertiary/aromatic N) is 1. The van der Waals surface area contributed by atoms with Gasteiger partial charge in [0, 0.05) is 12.1 Å². The van der Waals surface area contributed by atoms with Crippen molar-refractivity contribution in [1.82, 2.24) is 4.73 Å². The number of aromatic hydroxyl groups is 2. The van der Waals surface area contributed by atoms with Crippen molar-refractivity contribution in [3.8, 4) is 11.8 Å². The standard InChI is InChI=1S/C25H35NO6/c1-24-11-9-16(31-14-23(30)32-26-21(28)7-8-22(26)29)13-15(24)3-4-17-18-5-6-20(27)25(18,2)12-10-19(17)24/h7-8,13,16-20,27-29H,3-6,9-12,14H2,1-2H3. The second-order valence-electron chi connectivity index (χ2n) is 10.9. The fraction of sp³-hybridized carbons (Fsp3) is 0.720. The number of aromatic nitrogens is 1. The molecule has 0 spiro atoms. The Morgan fingerprint density at radius 2 is 1.81 bits per heavy atom. The number of carbonyl (C=O) groups is 1. The van der Waals surface area contributed by atoms with Crippen LogP contribution in [0.5, 0.6) is 11.8 Å². The molecule has 0 radical (unpaired) electrons. The number of carbonyl (C=O) groups excluding carboxylic acids is 1. The summed E-state index contributed by atoms with van der Waals surface area (Å²) in [5, 5.41) is 29.8. The number of aliphatic hydroxyl groups excluding tert-OH is 1. The first kappa shape index (κ1) is 21.8. The molecule has 1 aromatic rings. The van der Waals surface area contributed by atoms with E-state index in [-0.39, 0.29) is 41.4 Å². The third-order valence-corrected chi connectivity index (χ3v) is 9.43. The lowest BCUT2D eigenvalue weighted by molar-refractivity contribution is -0.152. The summed E-state index contributed by atoms with van der Waals surface area (Å²) >= 11 is 0. The van der Waals surface area contributed by atoms with Crippen LogP contribution in [-0.4, -0.2) is 44.8 Å². The maximum atomic E-state index is 12.1. The van der Waals surface area contributed by atoms with E-state index >= 15 is 0 Å². The van der Waals surface area contributed by atoms with Gasteiger partial charge in [0.1, 0.15) is 6.61 Å². The highest BCUT2D eigenvalue weighted by molar-refractivity contribution is 5.71. The molecule has 0 aromatic carbocycles. The minimum absolute atomic E-state index is 0.0992. The van der Waals surface area contributed by atoms with Gasteiger partial charge in [0.2, 0.25) is 11.8 Å². The number of ether oxygens (including phenoxy) is 1. The maximum absolute atomic E-state index is 12.1. The van der Waals surface area contributed by atoms with Crippen molar-refractivity contribution in [1.29, 1.82) is 0 Å². The van der Waals surface area contributed by atoms with E-state index in [1.807, 2.05) is 0 Å². The van der Waals surface area contributed by atoms with E-state index in [0.29, 0.717) is 22.5 Å². The molecule has 176 valence electrons. The molecule has 4 aliphatic rings. The van der Waals surface area contributed by atoms with Crippen LogP contribution in [0, 0.1) is 28.6 Å². The Hall–Kier alpha value is -1.99. The van der Waals surface area contributed by atoms with Crippen LogP contribution in [0.4, 0.5) is 0 Å². The Kier molecular flexibility index (Phi) is 5.32. The first-order chi connectivity index (χ1) is 15.2. The molecule has 5 rings (SSSR count). The van der Waals surface area contributed by atoms with Gasteiger partial charge in [-0.1, -0.05) is 25.5 Å². The number of allylic oxidation sites excluding steroid dienone is 1. The lowest BCUT2D eigenvalue weighted by Gasteiger charge is -2.58. The van der Waals surface area contributed by atoms with Gasteiger partial charge in [-0.05, 0) is 80.0 Å². The van der Waals surface area contributed by atoms with E-state index in [1.165, 1.54) is 30.5 Å². The van der Waals surface area contributed by atoms with Crippen LogP contribution in [-0.2, 0) is 9.53 Å². The van der Waals surface area contributed by atoms with Gasteiger partial charge in [0.05, 0.1) is 12.2 Å². The lowest BCUT2D eigenvalue weighted by Crippen LogP contribution is -2.51. The number of fused-ring (bicyclic) bond motifs is 5. The molecule has 1 aromatic heterocycles. The number of aliphatic hydroxyl groups is 1. The molecule has 7 atom stereocenters. The molecule has 3 saturated carbocycles. The quantitative estimate of drug-likeness (QED) is 0.613. The molecule has 0 aliphatic heterocycles. The van der Waals surface area contributed by atoms with Crippen molar-refractivity contribution < 1.29 is 29.7 Å². The van der Waals surface area contributed by atoms with Gasteiger partial charge >= 0.3 is 5.97 Å². The van der Waals surface area contributed by atoms with E-state index in [4.69, 9.17) is 9.57 Å². The van der Waals surface area contributed by atoms with E-state index in [2.05, 4.69) is 19.9 Å². The average molecular weight is 446 g/mol. The van der Waals surface area contributed by atoms with Crippen molar-refractivity contribution in [2.75, 3.05) is 6.61 Å². The van der Waals surface area contributed by atoms with Gasteiger partial charge in [0.15, 0.2) is 0 Å². The minimum atomic E-state index is -0.673. The first-order valence-corrected chi connectivity index (χ1v) is 12.0. The van der Waals surface area contributed by atoms with Crippen LogP contribution in [0.2, 0.25) is 0 Å². The van der Waals surface area contributed by atoms with Crippen LogP contribution in [0.15, 0.2) is 23.8 Å². The van der Waals surface area contributed by atoms with Crippen LogP contribution in [0.1, 0.15) is 65.2 Å². The number of hydrogen-bond acceptors (Lipinski definition) is 6. The maximum Gasteiger partial charge on any atom is 0.358 e. The van der Waals surface area contributed by atoms with Gasteiger partial charge in [-0.2, -0.15) is 0 Å². The third-order valence-electron chi connectivity index (χ3n) is 9.43. The summed E-state index contributed by atoms with van der Waals surface area (Å²) in [6, 6.07) is 2.48. The normalized spacial score (nSPS) is 40.7. The summed E-state index contributed by atoms with van der Waals surface area (Å²) in [4.78, 5) is 17.1. The molecule has 7 nitrogen and oxygen atoms in total. The van der Waals surface area contributed by atoms with Crippen LogP contribution >= 0.6 is 0 Å². The SMILES string of the molecule is CC12CCC(OCC(=O)On3c(O)ccc3O)C=C1CCC1C2CCC2(C)C(O)CCC12. The van der Waals surface area contributed by atoms with Crippen molar-refractivity contribution in [3.63, 3.8) is 0 Å². The fourth-order valence-electron chi connectivity index (χ4n) is 7.60. The zero-order valence-corrected chi connectivity index (χ0v) is 19.0. The molecule has 3 N–H and O–H groups in total. The topological polar surface area (TPSA) is 101 Å². The first-order valence-electron chi connectivity index (χ1n) is 12.0. The predicted octanol–water partition coefficient (Wildman–Crippen LogP) is 3.56. The molecular formula is C25H35NO6. The van der Waals surface area contributed by atoms with E-state index in [0.717, 1.165) is 38.5 Å². The zero-order valence-electron chi connectivity index (χ0n) is 19.0. The van der Waals surface area contributed by atoms with Gasteiger partial charge in [-0.15, -0.1) is 4.73 Å². The smallest absolute Gasteiger partial charge is 0.358 e. The third kappa shape index (κ3) is 3.36. The monoisotopic (exact) mass is 445 g/mol. The largest absolute Gasteiger partial charge is 0.492 e. The highest BCUT2D eigenvalue weighted by Crippen LogP contribution is 2.65. The highest BCUT2D eigenvalue weighted by atomic mass is 16.7. The average Bonchev–Trinajstić information content (AvgIpc) is 3.25. The van der Waals surface area contributed by atoms with Gasteiger partial charge in [-0.25, -0.2) is 4.79 Å². The highest BCUT2D eigenvalue weighted by Gasteiger charge is 2.58. The summed E-state index contributed by atoms with van der Waals surface area (Å²) in [5.41, 5.74) is 1.74. The van der Waals surface area contributed by atoms with Crippen molar-refractivity contribution >= 4 is 5.97 Å². The Balaban J connectivity index is 1.23.